The second-order valence-corrected chi connectivity index (χ2v) is 17.6. The third-order valence-corrected chi connectivity index (χ3v) is 0. The third kappa shape index (κ3) is 474. The predicted molar refractivity (Wildman–Crippen MR) is 31.0 cm³/mol. The Balaban J connectivity index is 5.14. The van der Waals surface area contributed by atoms with Gasteiger partial charge < -0.3 is 0 Å². The van der Waals surface area contributed by atoms with Gasteiger partial charge in [-0.15, -0.1) is 0 Å². The average molecular weight is 234 g/mol. The van der Waals surface area contributed by atoms with E-state index in [0.29, 0.717) is 0 Å². The second-order valence-electron chi connectivity index (χ2n) is 2.10. The molecule has 0 saturated heterocycles. The van der Waals surface area contributed by atoms with Crippen molar-refractivity contribution in [1.82, 2.24) is 0 Å². The van der Waals surface area contributed by atoms with E-state index in [-0.39, 0.29) is 0 Å². The summed E-state index contributed by atoms with van der Waals surface area (Å²) in [6, 6.07) is 0. The van der Waals surface area contributed by atoms with Crippen molar-refractivity contribution in [2.45, 2.75) is 0 Å². The van der Waals surface area contributed by atoms with Gasteiger partial charge in [0.1, 0.15) is 0 Å². The van der Waals surface area contributed by atoms with Crippen molar-refractivity contribution >= 4 is 9.69 Å². The normalized spacial score (nSPS) is 27.1. The standard InChI is InChI=1S/ClH.6H2N.Rh/h1H;6*1H2;/q;6*-1;+7/p-1. The van der Waals surface area contributed by atoms with Gasteiger partial charge in [0.25, 0.3) is 0 Å². The molecule has 0 rings (SSSR count). The molecule has 0 aromatic rings. The van der Waals surface area contributed by atoms with Gasteiger partial charge in [-0.2, -0.15) is 0 Å². The van der Waals surface area contributed by atoms with E-state index in [1.54, 1.807) is 0 Å². The van der Waals surface area contributed by atoms with Gasteiger partial charge in [-0.3, -0.25) is 0 Å². The van der Waals surface area contributed by atoms with Gasteiger partial charge in [0.15, 0.2) is 0 Å². The molecule has 12 N–H and O–H groups in total. The summed E-state index contributed by atoms with van der Waals surface area (Å²) in [5, 5.41) is 0. The van der Waals surface area contributed by atoms with E-state index >= 15 is 0 Å². The van der Waals surface area contributed by atoms with Gasteiger partial charge in [-0.1, -0.05) is 0 Å². The van der Waals surface area contributed by atoms with Crippen LogP contribution in [-0.2, 0) is 11.7 Å². The zero-order valence-corrected chi connectivity index (χ0v) is 6.57. The van der Waals surface area contributed by atoms with Crippen LogP contribution in [0.15, 0.2) is 0 Å². The quantitative estimate of drug-likeness (QED) is 0.248. The Bertz CT molecular complexity index is 101. The summed E-state index contributed by atoms with van der Waals surface area (Å²) in [5.74, 6) is 0. The Kier molecular flexibility index (Phi) is 0.789. The first-order valence-electron chi connectivity index (χ1n) is 1.28. The van der Waals surface area contributed by atoms with E-state index in [2.05, 4.69) is 0 Å². The molecule has 0 aromatic carbocycles. The minimum absolute atomic E-state index is 4.90. The van der Waals surface area contributed by atoms with Crippen LogP contribution in [0.5, 0.6) is 0 Å². The molecule has 0 fully saturated rings. The first-order chi connectivity index (χ1) is 2.65. The zero-order valence-electron chi connectivity index (χ0n) is 4.18. The minimum atomic E-state index is -6.07. The molecule has 0 unspecified atom stereocenters. The van der Waals surface area contributed by atoms with Gasteiger partial charge in [0, 0.05) is 0 Å². The molecule has 0 atom stereocenters. The molecular weight excluding hydrogens is 222 g/mol. The van der Waals surface area contributed by atoms with Crippen molar-refractivity contribution in [3.8, 4) is 0 Å². The molecule has 0 aliphatic heterocycles. The fraction of sp³-hybridized carbons (Fsp3) is 0. The van der Waals surface area contributed by atoms with Crippen molar-refractivity contribution in [1.29, 1.82) is 0 Å². The summed E-state index contributed by atoms with van der Waals surface area (Å²) in [6.45, 7) is 0. The van der Waals surface area contributed by atoms with Gasteiger partial charge in [-0.25, -0.2) is 0 Å². The summed E-state index contributed by atoms with van der Waals surface area (Å²) >= 11 is -6.07. The average Bonchev–Trinajstić information content (AvgIpc) is 0.544. The van der Waals surface area contributed by atoms with Crippen LogP contribution in [0.3, 0.4) is 0 Å². The van der Waals surface area contributed by atoms with Crippen LogP contribution in [0, 0.1) is 0 Å². The summed E-state index contributed by atoms with van der Waals surface area (Å²) in [6.07, 6.45) is 0. The van der Waals surface area contributed by atoms with Crippen LogP contribution < -0.4 is 26.9 Å². The molecule has 0 aliphatic rings. The second kappa shape index (κ2) is 0.727. The van der Waals surface area contributed by atoms with Crippen LogP contribution >= 0.6 is 9.69 Å². The fourth-order valence-corrected chi connectivity index (χ4v) is 0. The van der Waals surface area contributed by atoms with E-state index in [4.69, 9.17) is 36.6 Å². The Morgan fingerprint density at radius 3 is 0.750 bits per heavy atom. The predicted octanol–water partition coefficient (Wildman–Crippen LogP) is -2.86. The van der Waals surface area contributed by atoms with Gasteiger partial charge in [0.2, 0.25) is 0 Å². The molecule has 58 valence electrons. The van der Waals surface area contributed by atoms with Gasteiger partial charge in [0.05, 0.1) is 0 Å². The van der Waals surface area contributed by atoms with E-state index in [1.807, 2.05) is 0 Å². The zero-order chi connectivity index (χ0) is 7.38. The SMILES string of the molecule is [NH2][Rh]([NH2])([NH2])([NH2])([NH2])([NH2])[Cl]. The Labute approximate surface area is 48.7 Å². The van der Waals surface area contributed by atoms with Crippen molar-refractivity contribution in [2.24, 2.45) is 26.9 Å². The Hall–Kier alpha value is 0.673. The number of hydrogen-bond acceptors (Lipinski definition) is 6. The summed E-state index contributed by atoms with van der Waals surface area (Å²) in [4.78, 5) is 0. The number of nitrogens with two attached hydrogens (primary N) is 6. The summed E-state index contributed by atoms with van der Waals surface area (Å²) < 4.78 is 29.4. The first kappa shape index (κ1) is 8.67. The van der Waals surface area contributed by atoms with E-state index < -0.39 is 11.7 Å². The molecule has 0 saturated carbocycles. The van der Waals surface area contributed by atoms with Crippen LogP contribution in [0.25, 0.3) is 0 Å². The maximum atomic E-state index is 5.13. The van der Waals surface area contributed by atoms with Crippen molar-refractivity contribution in [2.75, 3.05) is 0 Å². The Morgan fingerprint density at radius 2 is 0.750 bits per heavy atom. The summed E-state index contributed by atoms with van der Waals surface area (Å²) in [5.41, 5.74) is 0. The van der Waals surface area contributed by atoms with Crippen molar-refractivity contribution < 1.29 is 11.7 Å². The molecule has 0 aromatic heterocycles. The first-order valence-corrected chi connectivity index (χ1v) is 9.07. The van der Waals surface area contributed by atoms with Crippen LogP contribution in [0.2, 0.25) is 0 Å². The maximum absolute atomic E-state index is 6.07. The molecule has 0 amide bonds. The summed E-state index contributed by atoms with van der Waals surface area (Å²) in [7, 11) is 5.13. The molecule has 8 heavy (non-hydrogen) atoms. The molecule has 0 aliphatic carbocycles. The van der Waals surface area contributed by atoms with Crippen LogP contribution in [-0.4, -0.2) is 0 Å². The van der Waals surface area contributed by atoms with Gasteiger partial charge >= 0.3 is 48.2 Å². The molecular formula is H12ClN6Rh. The molecule has 0 radical (unpaired) electrons. The molecule has 0 bridgehead atoms. The molecule has 6 nitrogen and oxygen atoms in total. The monoisotopic (exact) mass is 234 g/mol. The van der Waals surface area contributed by atoms with Gasteiger partial charge in [-0.05, 0) is 0 Å². The van der Waals surface area contributed by atoms with Crippen LogP contribution in [0.1, 0.15) is 0 Å². The molecule has 8 heteroatoms. The fourth-order valence-electron chi connectivity index (χ4n) is 0. The third-order valence-electron chi connectivity index (χ3n) is 0. The van der Waals surface area contributed by atoms with Crippen molar-refractivity contribution in [3.63, 3.8) is 0 Å². The number of hydrogen-bond donors (Lipinski definition) is 6. The molecule has 0 heterocycles. The molecule has 0 spiro atoms. The van der Waals surface area contributed by atoms with E-state index in [1.165, 1.54) is 0 Å². The topological polar surface area (TPSA) is 156 Å². The van der Waals surface area contributed by atoms with Crippen molar-refractivity contribution in [3.05, 3.63) is 0 Å². The van der Waals surface area contributed by atoms with E-state index in [0.717, 1.165) is 0 Å². The number of halogens is 1. The van der Waals surface area contributed by atoms with E-state index in [9.17, 15) is 0 Å². The van der Waals surface area contributed by atoms with Crippen LogP contribution in [0.4, 0.5) is 0 Å². The number of rotatable bonds is 0. The Morgan fingerprint density at radius 1 is 0.750 bits per heavy atom.